The second-order valence-electron chi connectivity index (χ2n) is 7.56. The molecule has 0 radical (unpaired) electrons. The van der Waals surface area contributed by atoms with Crippen LogP contribution < -0.4 is 5.32 Å². The molecule has 0 spiro atoms. The van der Waals surface area contributed by atoms with Crippen molar-refractivity contribution in [2.45, 2.75) is 51.9 Å². The molecule has 1 aliphatic carbocycles. The fraction of sp³-hybridized carbons (Fsp3) is 0.600. The summed E-state index contributed by atoms with van der Waals surface area (Å²) in [4.78, 5) is 2.66. The molecule has 0 bridgehead atoms. The second-order valence-corrected chi connectivity index (χ2v) is 7.56. The molecule has 5 heteroatoms. The van der Waals surface area contributed by atoms with E-state index in [9.17, 15) is 0 Å². The third-order valence-corrected chi connectivity index (χ3v) is 5.97. The fourth-order valence-electron chi connectivity index (χ4n) is 4.71. The summed E-state index contributed by atoms with van der Waals surface area (Å²) < 4.78 is 1.99. The maximum Gasteiger partial charge on any atom is 0.0738 e. The molecule has 1 N–H and O–H groups in total. The van der Waals surface area contributed by atoms with Crippen LogP contribution in [-0.2, 0) is 19.6 Å². The highest BCUT2D eigenvalue weighted by Crippen LogP contribution is 2.37. The molecule has 1 saturated carbocycles. The van der Waals surface area contributed by atoms with Gasteiger partial charge in [0.15, 0.2) is 0 Å². The van der Waals surface area contributed by atoms with Crippen LogP contribution in [0.4, 0.5) is 0 Å². The number of nitrogens with zero attached hydrogens (tertiary/aromatic N) is 4. The molecule has 2 aliphatic rings. The topological polar surface area (TPSA) is 46.0 Å². The van der Waals surface area contributed by atoms with Crippen LogP contribution in [0.3, 0.4) is 0 Å². The highest BCUT2D eigenvalue weighted by molar-refractivity contribution is 5.15. The minimum absolute atomic E-state index is 0.625. The molecular formula is C20H29N5. The normalized spacial score (nSPS) is 26.7. The lowest BCUT2D eigenvalue weighted by Gasteiger charge is -2.33. The molecule has 3 atom stereocenters. The Morgan fingerprint density at radius 3 is 2.88 bits per heavy atom. The summed E-state index contributed by atoms with van der Waals surface area (Å²) >= 11 is 0. The van der Waals surface area contributed by atoms with Crippen LogP contribution in [0, 0.1) is 11.8 Å². The number of hydrogen-bond acceptors (Lipinski definition) is 4. The van der Waals surface area contributed by atoms with Crippen molar-refractivity contribution in [3.05, 3.63) is 47.8 Å². The second kappa shape index (κ2) is 7.67. The SMILES string of the molecule is CCn1nncc1CNC1CCCC2CN(Cc3ccccc3)CC21. The number of nitrogens with one attached hydrogen (secondary N) is 1. The predicted molar refractivity (Wildman–Crippen MR) is 98.9 cm³/mol. The van der Waals surface area contributed by atoms with Crippen molar-refractivity contribution < 1.29 is 0 Å². The third-order valence-electron chi connectivity index (χ3n) is 5.97. The maximum atomic E-state index is 4.14. The van der Waals surface area contributed by atoms with Crippen LogP contribution in [-0.4, -0.2) is 39.0 Å². The Bertz CT molecular complexity index is 668. The molecule has 4 rings (SSSR count). The van der Waals surface area contributed by atoms with Gasteiger partial charge in [-0.3, -0.25) is 4.90 Å². The van der Waals surface area contributed by atoms with Crippen LogP contribution >= 0.6 is 0 Å². The van der Waals surface area contributed by atoms with E-state index >= 15 is 0 Å². The Kier molecular flexibility index (Phi) is 5.13. The number of rotatable bonds is 6. The molecule has 2 heterocycles. The van der Waals surface area contributed by atoms with Crippen molar-refractivity contribution >= 4 is 0 Å². The summed E-state index contributed by atoms with van der Waals surface area (Å²) in [5.74, 6) is 1.63. The van der Waals surface area contributed by atoms with Gasteiger partial charge in [-0.2, -0.15) is 0 Å². The van der Waals surface area contributed by atoms with E-state index in [2.05, 4.69) is 57.8 Å². The summed E-state index contributed by atoms with van der Waals surface area (Å²) in [6.07, 6.45) is 5.94. The van der Waals surface area contributed by atoms with Gasteiger partial charge in [-0.15, -0.1) is 5.10 Å². The molecule has 1 saturated heterocycles. The van der Waals surface area contributed by atoms with Gasteiger partial charge in [0.2, 0.25) is 0 Å². The first kappa shape index (κ1) is 16.7. The molecule has 0 amide bonds. The zero-order valence-corrected chi connectivity index (χ0v) is 15.1. The monoisotopic (exact) mass is 339 g/mol. The summed E-state index contributed by atoms with van der Waals surface area (Å²) in [6, 6.07) is 11.5. The molecule has 25 heavy (non-hydrogen) atoms. The van der Waals surface area contributed by atoms with E-state index < -0.39 is 0 Å². The molecule has 2 fully saturated rings. The highest BCUT2D eigenvalue weighted by atomic mass is 15.4. The van der Waals surface area contributed by atoms with Crippen LogP contribution in [0.1, 0.15) is 37.4 Å². The van der Waals surface area contributed by atoms with Gasteiger partial charge in [-0.25, -0.2) is 4.68 Å². The first-order valence-electron chi connectivity index (χ1n) is 9.70. The van der Waals surface area contributed by atoms with Crippen LogP contribution in [0.2, 0.25) is 0 Å². The number of likely N-dealkylation sites (tertiary alicyclic amines) is 1. The minimum atomic E-state index is 0.625. The first-order chi connectivity index (χ1) is 12.3. The molecule has 3 unspecified atom stereocenters. The lowest BCUT2D eigenvalue weighted by Crippen LogP contribution is -2.42. The van der Waals surface area contributed by atoms with Crippen LogP contribution in [0.15, 0.2) is 36.5 Å². The van der Waals surface area contributed by atoms with Gasteiger partial charge < -0.3 is 5.32 Å². The van der Waals surface area contributed by atoms with Crippen molar-refractivity contribution in [1.82, 2.24) is 25.2 Å². The van der Waals surface area contributed by atoms with Crippen molar-refractivity contribution in [2.75, 3.05) is 13.1 Å². The zero-order valence-electron chi connectivity index (χ0n) is 15.1. The highest BCUT2D eigenvalue weighted by Gasteiger charge is 2.39. The largest absolute Gasteiger partial charge is 0.308 e. The molecular weight excluding hydrogens is 310 g/mol. The smallest absolute Gasteiger partial charge is 0.0738 e. The van der Waals surface area contributed by atoms with E-state index in [4.69, 9.17) is 0 Å². The van der Waals surface area contributed by atoms with Crippen molar-refractivity contribution in [1.29, 1.82) is 0 Å². The Morgan fingerprint density at radius 1 is 1.16 bits per heavy atom. The maximum absolute atomic E-state index is 4.14. The molecule has 2 aromatic rings. The van der Waals surface area contributed by atoms with Gasteiger partial charge in [0.05, 0.1) is 11.9 Å². The van der Waals surface area contributed by atoms with Gasteiger partial charge in [0.25, 0.3) is 0 Å². The first-order valence-corrected chi connectivity index (χ1v) is 9.70. The Morgan fingerprint density at radius 2 is 2.04 bits per heavy atom. The Hall–Kier alpha value is -1.72. The van der Waals surface area contributed by atoms with E-state index in [-0.39, 0.29) is 0 Å². The summed E-state index contributed by atoms with van der Waals surface area (Å²) in [5, 5.41) is 12.0. The predicted octanol–water partition coefficient (Wildman–Crippen LogP) is 2.69. The lowest BCUT2D eigenvalue weighted by molar-refractivity contribution is 0.220. The summed E-state index contributed by atoms with van der Waals surface area (Å²) in [6.45, 7) is 7.46. The number of fused-ring (bicyclic) bond motifs is 1. The quantitative estimate of drug-likeness (QED) is 0.879. The number of benzene rings is 1. The average molecular weight is 339 g/mol. The van der Waals surface area contributed by atoms with E-state index in [1.807, 2.05) is 10.9 Å². The van der Waals surface area contributed by atoms with Crippen molar-refractivity contribution in [3.8, 4) is 0 Å². The van der Waals surface area contributed by atoms with E-state index in [0.29, 0.717) is 6.04 Å². The molecule has 1 aliphatic heterocycles. The van der Waals surface area contributed by atoms with Gasteiger partial charge >= 0.3 is 0 Å². The molecule has 134 valence electrons. The van der Waals surface area contributed by atoms with Gasteiger partial charge in [0, 0.05) is 38.8 Å². The van der Waals surface area contributed by atoms with Crippen molar-refractivity contribution in [3.63, 3.8) is 0 Å². The Balaban J connectivity index is 1.36. The average Bonchev–Trinajstić information content (AvgIpc) is 3.26. The van der Waals surface area contributed by atoms with Gasteiger partial charge in [-0.1, -0.05) is 42.0 Å². The summed E-state index contributed by atoms with van der Waals surface area (Å²) in [7, 11) is 0. The minimum Gasteiger partial charge on any atom is -0.308 e. The summed E-state index contributed by atoms with van der Waals surface area (Å²) in [5.41, 5.74) is 2.63. The van der Waals surface area contributed by atoms with Gasteiger partial charge in [-0.05, 0) is 37.2 Å². The third kappa shape index (κ3) is 3.77. The molecule has 1 aromatic heterocycles. The number of aryl methyl sites for hydroxylation is 1. The lowest BCUT2D eigenvalue weighted by atomic mass is 9.78. The van der Waals surface area contributed by atoms with Gasteiger partial charge in [0.1, 0.15) is 0 Å². The van der Waals surface area contributed by atoms with E-state index in [0.717, 1.165) is 31.5 Å². The van der Waals surface area contributed by atoms with E-state index in [1.165, 1.54) is 43.6 Å². The zero-order chi connectivity index (χ0) is 17.1. The molecule has 5 nitrogen and oxygen atoms in total. The molecule has 1 aromatic carbocycles. The Labute approximate surface area is 150 Å². The standard InChI is InChI=1S/C20H29N5/c1-2-25-18(12-22-23-25)11-21-20-10-6-9-17-14-24(15-19(17)20)13-16-7-4-3-5-8-16/h3-5,7-8,12,17,19-21H,2,6,9-11,13-15H2,1H3. The van der Waals surface area contributed by atoms with Crippen LogP contribution in [0.5, 0.6) is 0 Å². The van der Waals surface area contributed by atoms with Crippen LogP contribution in [0.25, 0.3) is 0 Å². The number of aromatic nitrogens is 3. The number of hydrogen-bond donors (Lipinski definition) is 1. The fourth-order valence-corrected chi connectivity index (χ4v) is 4.71. The van der Waals surface area contributed by atoms with E-state index in [1.54, 1.807) is 0 Å². The van der Waals surface area contributed by atoms with Crippen molar-refractivity contribution in [2.24, 2.45) is 11.8 Å².